The Morgan fingerprint density at radius 1 is 1.23 bits per heavy atom. The smallest absolute Gasteiger partial charge is 0.335 e. The molecule has 2 rings (SSSR count). The number of aromatic carboxylic acids is 1. The highest BCUT2D eigenvalue weighted by Gasteiger charge is 2.13. The summed E-state index contributed by atoms with van der Waals surface area (Å²) in [6.07, 6.45) is 0. The van der Waals surface area contributed by atoms with Gasteiger partial charge in [-0.3, -0.25) is 10.2 Å². The van der Waals surface area contributed by atoms with Crippen LogP contribution in [-0.4, -0.2) is 29.8 Å². The van der Waals surface area contributed by atoms with Crippen molar-refractivity contribution in [2.24, 2.45) is 5.10 Å². The Labute approximate surface area is 153 Å². The molecule has 3 N–H and O–H groups in total. The van der Waals surface area contributed by atoms with Crippen LogP contribution in [0.3, 0.4) is 0 Å². The maximum absolute atomic E-state index is 12.1. The molecule has 0 spiro atoms. The van der Waals surface area contributed by atoms with Gasteiger partial charge in [0.1, 0.15) is 11.8 Å². The van der Waals surface area contributed by atoms with Gasteiger partial charge in [0, 0.05) is 10.7 Å². The van der Waals surface area contributed by atoms with Crippen LogP contribution in [0.15, 0.2) is 47.6 Å². The van der Waals surface area contributed by atoms with Crippen LogP contribution >= 0.6 is 11.6 Å². The highest BCUT2D eigenvalue weighted by molar-refractivity contribution is 6.48. The lowest BCUT2D eigenvalue weighted by Crippen LogP contribution is -2.22. The number of nitrogens with zero attached hydrogens (tertiary/aromatic N) is 2. The van der Waals surface area contributed by atoms with Gasteiger partial charge in [-0.15, -0.1) is 0 Å². The molecule has 0 saturated heterocycles. The highest BCUT2D eigenvalue weighted by Crippen LogP contribution is 2.27. The summed E-state index contributed by atoms with van der Waals surface area (Å²) in [6.45, 7) is 0. The number of carbonyl (C=O) groups is 2. The van der Waals surface area contributed by atoms with E-state index < -0.39 is 17.6 Å². The molecule has 9 heteroatoms. The Morgan fingerprint density at radius 2 is 1.92 bits per heavy atom. The summed E-state index contributed by atoms with van der Waals surface area (Å²) in [5.41, 5.74) is 2.91. The SMILES string of the molecule is COc1ccc(Cl)cc1N/N=C(/C#N)C(=O)Nc1ccc(C(=O)O)cc1. The van der Waals surface area contributed by atoms with Gasteiger partial charge in [-0.05, 0) is 42.5 Å². The van der Waals surface area contributed by atoms with Crippen LogP contribution in [0.4, 0.5) is 11.4 Å². The number of amides is 1. The number of anilines is 2. The summed E-state index contributed by atoms with van der Waals surface area (Å²) < 4.78 is 5.13. The molecule has 0 heterocycles. The van der Waals surface area contributed by atoms with Crippen LogP contribution in [0.1, 0.15) is 10.4 Å². The third-order valence-corrected chi connectivity index (χ3v) is 3.40. The van der Waals surface area contributed by atoms with E-state index in [0.717, 1.165) is 0 Å². The molecule has 0 aliphatic heterocycles. The fourth-order valence-corrected chi connectivity index (χ4v) is 2.07. The van der Waals surface area contributed by atoms with Crippen LogP contribution in [0, 0.1) is 11.3 Å². The zero-order chi connectivity index (χ0) is 19.1. The summed E-state index contributed by atoms with van der Waals surface area (Å²) in [7, 11) is 1.46. The van der Waals surface area contributed by atoms with Crippen molar-refractivity contribution >= 4 is 40.6 Å². The number of carbonyl (C=O) groups excluding carboxylic acids is 1. The van der Waals surface area contributed by atoms with E-state index in [9.17, 15) is 9.59 Å². The number of rotatable bonds is 6. The Balaban J connectivity index is 2.13. The maximum Gasteiger partial charge on any atom is 0.335 e. The minimum absolute atomic E-state index is 0.0758. The van der Waals surface area contributed by atoms with Gasteiger partial charge < -0.3 is 15.2 Å². The van der Waals surface area contributed by atoms with Gasteiger partial charge in [0.05, 0.1) is 18.4 Å². The van der Waals surface area contributed by atoms with E-state index in [0.29, 0.717) is 22.1 Å². The summed E-state index contributed by atoms with van der Waals surface area (Å²) in [5.74, 6) is -1.41. The molecular weight excluding hydrogens is 360 g/mol. The molecule has 0 aliphatic rings. The third kappa shape index (κ3) is 4.72. The summed E-state index contributed by atoms with van der Waals surface area (Å²) in [6, 6.07) is 11.9. The van der Waals surface area contributed by atoms with E-state index in [1.165, 1.54) is 37.4 Å². The molecule has 0 saturated carbocycles. The van der Waals surface area contributed by atoms with Gasteiger partial charge in [-0.25, -0.2) is 4.79 Å². The minimum Gasteiger partial charge on any atom is -0.495 e. The van der Waals surface area contributed by atoms with Gasteiger partial charge in [0.2, 0.25) is 5.71 Å². The first-order valence-corrected chi connectivity index (χ1v) is 7.54. The number of hydrogen-bond acceptors (Lipinski definition) is 6. The lowest BCUT2D eigenvalue weighted by molar-refractivity contribution is -0.110. The molecule has 26 heavy (non-hydrogen) atoms. The number of nitrogens with one attached hydrogen (secondary N) is 2. The van der Waals surface area contributed by atoms with Crippen molar-refractivity contribution < 1.29 is 19.4 Å². The first-order chi connectivity index (χ1) is 12.4. The maximum atomic E-state index is 12.1. The molecule has 0 aliphatic carbocycles. The van der Waals surface area contributed by atoms with Crippen molar-refractivity contribution in [2.75, 3.05) is 17.9 Å². The number of halogens is 1. The second kappa shape index (κ2) is 8.50. The molecule has 0 aromatic heterocycles. The van der Waals surface area contributed by atoms with E-state index >= 15 is 0 Å². The molecular formula is C17H13ClN4O4. The second-order valence-corrected chi connectivity index (χ2v) is 5.30. The number of benzene rings is 2. The quantitative estimate of drug-likeness (QED) is 0.529. The predicted molar refractivity (Wildman–Crippen MR) is 96.7 cm³/mol. The average molecular weight is 373 g/mol. The number of carboxylic acid groups (broad SMARTS) is 1. The van der Waals surface area contributed by atoms with Crippen molar-refractivity contribution in [1.29, 1.82) is 5.26 Å². The van der Waals surface area contributed by atoms with Gasteiger partial charge in [0.25, 0.3) is 5.91 Å². The molecule has 132 valence electrons. The Morgan fingerprint density at radius 3 is 2.50 bits per heavy atom. The van der Waals surface area contributed by atoms with Crippen molar-refractivity contribution in [3.8, 4) is 11.8 Å². The topological polar surface area (TPSA) is 124 Å². The second-order valence-electron chi connectivity index (χ2n) is 4.87. The van der Waals surface area contributed by atoms with Crippen molar-refractivity contribution in [3.05, 3.63) is 53.1 Å². The van der Waals surface area contributed by atoms with Crippen LogP contribution in [0.5, 0.6) is 5.75 Å². The summed E-state index contributed by atoms with van der Waals surface area (Å²) in [4.78, 5) is 22.9. The molecule has 2 aromatic rings. The van der Waals surface area contributed by atoms with Gasteiger partial charge >= 0.3 is 5.97 Å². The molecule has 0 bridgehead atoms. The molecule has 0 radical (unpaired) electrons. The first-order valence-electron chi connectivity index (χ1n) is 7.16. The minimum atomic E-state index is -1.08. The fraction of sp³-hybridized carbons (Fsp3) is 0.0588. The van der Waals surface area contributed by atoms with Gasteiger partial charge in [0.15, 0.2) is 0 Å². The Hall–Kier alpha value is -3.57. The summed E-state index contributed by atoms with van der Waals surface area (Å²) >= 11 is 5.90. The molecule has 8 nitrogen and oxygen atoms in total. The zero-order valence-corrected chi connectivity index (χ0v) is 14.2. The lowest BCUT2D eigenvalue weighted by Gasteiger charge is -2.08. The fourth-order valence-electron chi connectivity index (χ4n) is 1.90. The van der Waals surface area contributed by atoms with Crippen LogP contribution in [0.2, 0.25) is 5.02 Å². The molecule has 2 aromatic carbocycles. The molecule has 0 unspecified atom stereocenters. The summed E-state index contributed by atoms with van der Waals surface area (Å²) in [5, 5.41) is 24.6. The van der Waals surface area contributed by atoms with Crippen LogP contribution < -0.4 is 15.5 Å². The van der Waals surface area contributed by atoms with E-state index in [-0.39, 0.29) is 5.56 Å². The third-order valence-electron chi connectivity index (χ3n) is 3.16. The van der Waals surface area contributed by atoms with E-state index in [2.05, 4.69) is 15.8 Å². The van der Waals surface area contributed by atoms with Gasteiger partial charge in [-0.1, -0.05) is 11.6 Å². The standard InChI is InChI=1S/C17H13ClN4O4/c1-26-15-7-4-11(18)8-13(15)21-22-14(9-19)16(23)20-12-5-2-10(3-6-12)17(24)25/h2-8,21H,1H3,(H,20,23)(H,24,25)/b22-14-. The van der Waals surface area contributed by atoms with Crippen molar-refractivity contribution in [2.45, 2.75) is 0 Å². The van der Waals surface area contributed by atoms with E-state index in [1.54, 1.807) is 18.2 Å². The number of nitriles is 1. The monoisotopic (exact) mass is 372 g/mol. The van der Waals surface area contributed by atoms with Crippen molar-refractivity contribution in [1.82, 2.24) is 0 Å². The number of hydrazone groups is 1. The number of carboxylic acids is 1. The Kier molecular flexibility index (Phi) is 6.14. The average Bonchev–Trinajstić information content (AvgIpc) is 2.63. The normalized spacial score (nSPS) is 10.6. The predicted octanol–water partition coefficient (Wildman–Crippen LogP) is 2.98. The number of ether oxygens (including phenoxy) is 1. The number of hydrogen-bond donors (Lipinski definition) is 3. The number of methoxy groups -OCH3 is 1. The van der Waals surface area contributed by atoms with Crippen molar-refractivity contribution in [3.63, 3.8) is 0 Å². The molecule has 0 atom stereocenters. The van der Waals surface area contributed by atoms with E-state index in [4.69, 9.17) is 26.7 Å². The molecule has 1 amide bonds. The lowest BCUT2D eigenvalue weighted by atomic mass is 10.2. The van der Waals surface area contributed by atoms with Crippen LogP contribution in [0.25, 0.3) is 0 Å². The Bertz CT molecular complexity index is 904. The highest BCUT2D eigenvalue weighted by atomic mass is 35.5. The first kappa shape index (κ1) is 18.8. The van der Waals surface area contributed by atoms with E-state index in [1.807, 2.05) is 0 Å². The molecule has 0 fully saturated rings. The van der Waals surface area contributed by atoms with Crippen LogP contribution in [-0.2, 0) is 4.79 Å². The van der Waals surface area contributed by atoms with Gasteiger partial charge in [-0.2, -0.15) is 10.4 Å². The zero-order valence-electron chi connectivity index (χ0n) is 13.5. The largest absolute Gasteiger partial charge is 0.495 e.